The zero-order valence-electron chi connectivity index (χ0n) is 25.5. The van der Waals surface area contributed by atoms with Gasteiger partial charge in [0.15, 0.2) is 29.2 Å². The van der Waals surface area contributed by atoms with Crippen LogP contribution in [0.25, 0.3) is 12.2 Å². The van der Waals surface area contributed by atoms with Crippen molar-refractivity contribution in [3.63, 3.8) is 0 Å². The van der Waals surface area contributed by atoms with Crippen LogP contribution < -0.4 is 14.2 Å². The molecule has 0 saturated heterocycles. The van der Waals surface area contributed by atoms with Crippen molar-refractivity contribution in [1.82, 2.24) is 0 Å². The number of ketones is 2. The molecule has 0 saturated carbocycles. The SMILES string of the molecule is C=C(C)C(=O)OCC(O)COc1ccc(/C=C/C(=O)CC(=O)/C=C/c2ccc(OC(CO)COC(=O)C(=C)C)c(OC)c2)cc1. The van der Waals surface area contributed by atoms with Crippen LogP contribution in [0.5, 0.6) is 17.2 Å². The second kappa shape index (κ2) is 18.6. The maximum absolute atomic E-state index is 12.4. The minimum absolute atomic E-state index is 0.0869. The Kier molecular flexibility index (Phi) is 15.0. The summed E-state index contributed by atoms with van der Waals surface area (Å²) < 4.78 is 26.4. The molecule has 0 aromatic heterocycles. The zero-order chi connectivity index (χ0) is 33.4. The highest BCUT2D eigenvalue weighted by molar-refractivity contribution is 6.10. The first kappa shape index (κ1) is 36.2. The third kappa shape index (κ3) is 13.5. The predicted octanol–water partition coefficient (Wildman–Crippen LogP) is 3.67. The first-order valence-electron chi connectivity index (χ1n) is 13.8. The lowest BCUT2D eigenvalue weighted by Crippen LogP contribution is -2.28. The van der Waals surface area contributed by atoms with Gasteiger partial charge in [-0.25, -0.2) is 9.59 Å². The van der Waals surface area contributed by atoms with Gasteiger partial charge in [-0.2, -0.15) is 0 Å². The van der Waals surface area contributed by atoms with Gasteiger partial charge < -0.3 is 33.9 Å². The maximum atomic E-state index is 12.4. The fourth-order valence-electron chi connectivity index (χ4n) is 3.36. The highest BCUT2D eigenvalue weighted by atomic mass is 16.6. The van der Waals surface area contributed by atoms with Gasteiger partial charge in [0.2, 0.25) is 0 Å². The Morgan fingerprint density at radius 1 is 0.800 bits per heavy atom. The van der Waals surface area contributed by atoms with E-state index in [1.807, 2.05) is 0 Å². The number of carbonyl (C=O) groups excluding carboxylic acids is 4. The largest absolute Gasteiger partial charge is 0.493 e. The van der Waals surface area contributed by atoms with Crippen molar-refractivity contribution in [3.05, 3.63) is 90.0 Å². The van der Waals surface area contributed by atoms with E-state index in [4.69, 9.17) is 23.7 Å². The van der Waals surface area contributed by atoms with Crippen LogP contribution in [-0.2, 0) is 28.7 Å². The molecule has 2 atom stereocenters. The number of hydrogen-bond donors (Lipinski definition) is 2. The van der Waals surface area contributed by atoms with Crippen LogP contribution >= 0.6 is 0 Å². The lowest BCUT2D eigenvalue weighted by atomic mass is 10.1. The van der Waals surface area contributed by atoms with Gasteiger partial charge in [-0.15, -0.1) is 0 Å². The average molecular weight is 623 g/mol. The van der Waals surface area contributed by atoms with Crippen LogP contribution in [0.2, 0.25) is 0 Å². The van der Waals surface area contributed by atoms with E-state index in [9.17, 15) is 29.4 Å². The van der Waals surface area contributed by atoms with Gasteiger partial charge in [-0.3, -0.25) is 9.59 Å². The van der Waals surface area contributed by atoms with Crippen LogP contribution in [0.4, 0.5) is 0 Å². The Morgan fingerprint density at radius 2 is 1.36 bits per heavy atom. The van der Waals surface area contributed by atoms with E-state index in [0.717, 1.165) is 0 Å². The van der Waals surface area contributed by atoms with Crippen molar-refractivity contribution in [2.45, 2.75) is 32.5 Å². The van der Waals surface area contributed by atoms with E-state index in [0.29, 0.717) is 28.4 Å². The van der Waals surface area contributed by atoms with Gasteiger partial charge in [0.1, 0.15) is 31.7 Å². The van der Waals surface area contributed by atoms with Gasteiger partial charge in [0.25, 0.3) is 0 Å². The molecular formula is C34H38O11. The summed E-state index contributed by atoms with van der Waals surface area (Å²) in [6.45, 7) is 9.07. The zero-order valence-corrected chi connectivity index (χ0v) is 25.5. The van der Waals surface area contributed by atoms with Crippen molar-refractivity contribution in [2.75, 3.05) is 33.5 Å². The highest BCUT2D eigenvalue weighted by Crippen LogP contribution is 2.29. The molecule has 11 nitrogen and oxygen atoms in total. The molecule has 0 fully saturated rings. The average Bonchev–Trinajstić information content (AvgIpc) is 3.02. The topological polar surface area (TPSA) is 155 Å². The van der Waals surface area contributed by atoms with E-state index in [1.165, 1.54) is 39.2 Å². The Labute approximate surface area is 262 Å². The monoisotopic (exact) mass is 622 g/mol. The molecule has 2 N–H and O–H groups in total. The summed E-state index contributed by atoms with van der Waals surface area (Å²) in [6, 6.07) is 11.6. The fourth-order valence-corrected chi connectivity index (χ4v) is 3.36. The number of carbonyl (C=O) groups is 4. The van der Waals surface area contributed by atoms with Crippen molar-refractivity contribution < 1.29 is 53.1 Å². The molecule has 0 aliphatic carbocycles. The van der Waals surface area contributed by atoms with E-state index < -0.39 is 36.5 Å². The van der Waals surface area contributed by atoms with E-state index in [-0.39, 0.29) is 43.2 Å². The number of methoxy groups -OCH3 is 1. The molecule has 2 aromatic carbocycles. The van der Waals surface area contributed by atoms with Crippen molar-refractivity contribution in [1.29, 1.82) is 0 Å². The molecule has 0 bridgehead atoms. The summed E-state index contributed by atoms with van der Waals surface area (Å²) in [4.78, 5) is 47.7. The standard InChI is InChI=1S/C34H38O11/c1-22(2)33(39)43-20-28(38)19-42-29-13-8-24(9-14-29)6-11-26(36)17-27(37)12-7-25-10-15-31(32(16-25)41-5)45-30(18-35)21-44-34(40)23(3)4/h6-16,28,30,35,38H,1,3,17-21H2,2,4-5H3/b11-6+,12-7+. The van der Waals surface area contributed by atoms with Crippen LogP contribution in [0.3, 0.4) is 0 Å². The predicted molar refractivity (Wildman–Crippen MR) is 167 cm³/mol. The molecule has 0 amide bonds. The normalized spacial score (nSPS) is 12.3. The van der Waals surface area contributed by atoms with E-state index in [2.05, 4.69) is 13.2 Å². The van der Waals surface area contributed by atoms with Crippen LogP contribution in [0, 0.1) is 0 Å². The minimum Gasteiger partial charge on any atom is -0.493 e. The first-order valence-corrected chi connectivity index (χ1v) is 13.8. The summed E-state index contributed by atoms with van der Waals surface area (Å²) in [5.74, 6) is -0.889. The first-order chi connectivity index (χ1) is 21.4. The molecule has 0 radical (unpaired) electrons. The van der Waals surface area contributed by atoms with Gasteiger partial charge in [-0.05, 0) is 61.4 Å². The summed E-state index contributed by atoms with van der Waals surface area (Å²) in [5.41, 5.74) is 1.76. The lowest BCUT2D eigenvalue weighted by molar-refractivity contribution is -0.143. The minimum atomic E-state index is -1.01. The Hall–Kier alpha value is -5.00. The number of ether oxygens (including phenoxy) is 5. The van der Waals surface area contributed by atoms with Gasteiger partial charge in [-0.1, -0.05) is 43.5 Å². The Bertz CT molecular complexity index is 1420. The quantitative estimate of drug-likeness (QED) is 0.134. The van der Waals surface area contributed by atoms with Gasteiger partial charge in [0.05, 0.1) is 20.1 Å². The molecule has 0 aliphatic rings. The summed E-state index contributed by atoms with van der Waals surface area (Å²) in [6.07, 6.45) is 3.52. The summed E-state index contributed by atoms with van der Waals surface area (Å²) in [7, 11) is 1.43. The number of allylic oxidation sites excluding steroid dienone is 2. The molecule has 0 spiro atoms. The fraction of sp³-hybridized carbons (Fsp3) is 0.294. The summed E-state index contributed by atoms with van der Waals surface area (Å²) >= 11 is 0. The molecule has 2 unspecified atom stereocenters. The second-order valence-electron chi connectivity index (χ2n) is 9.90. The van der Waals surface area contributed by atoms with Crippen molar-refractivity contribution >= 4 is 35.7 Å². The third-order valence-electron chi connectivity index (χ3n) is 5.78. The Morgan fingerprint density at radius 3 is 1.91 bits per heavy atom. The molecule has 2 aromatic rings. The number of esters is 2. The highest BCUT2D eigenvalue weighted by Gasteiger charge is 2.16. The second-order valence-corrected chi connectivity index (χ2v) is 9.90. The van der Waals surface area contributed by atoms with Crippen LogP contribution in [-0.4, -0.2) is 79.5 Å². The van der Waals surface area contributed by atoms with Crippen LogP contribution in [0.1, 0.15) is 31.4 Å². The smallest absolute Gasteiger partial charge is 0.333 e. The van der Waals surface area contributed by atoms with Gasteiger partial charge >= 0.3 is 11.9 Å². The van der Waals surface area contributed by atoms with Crippen LogP contribution in [0.15, 0.2) is 78.9 Å². The number of benzene rings is 2. The Balaban J connectivity index is 1.85. The maximum Gasteiger partial charge on any atom is 0.333 e. The molecule has 45 heavy (non-hydrogen) atoms. The van der Waals surface area contributed by atoms with Gasteiger partial charge in [0, 0.05) is 11.1 Å². The van der Waals surface area contributed by atoms with Crippen molar-refractivity contribution in [3.8, 4) is 17.2 Å². The molecule has 0 aliphatic heterocycles. The third-order valence-corrected chi connectivity index (χ3v) is 5.78. The molecular weight excluding hydrogens is 584 g/mol. The van der Waals surface area contributed by atoms with Crippen molar-refractivity contribution in [2.24, 2.45) is 0 Å². The number of aliphatic hydroxyl groups is 2. The van der Waals surface area contributed by atoms with E-state index in [1.54, 1.807) is 48.5 Å². The molecule has 240 valence electrons. The number of rotatable bonds is 19. The summed E-state index contributed by atoms with van der Waals surface area (Å²) in [5, 5.41) is 19.5. The molecule has 11 heteroatoms. The number of aliphatic hydroxyl groups excluding tert-OH is 2. The van der Waals surface area contributed by atoms with E-state index >= 15 is 0 Å². The molecule has 2 rings (SSSR count). The lowest BCUT2D eigenvalue weighted by Gasteiger charge is -2.19. The number of hydrogen-bond acceptors (Lipinski definition) is 11. The molecule has 0 heterocycles.